The minimum atomic E-state index is -1.17. The summed E-state index contributed by atoms with van der Waals surface area (Å²) in [5.41, 5.74) is 5.16. The normalized spacial score (nSPS) is 17.3. The number of hydrogen-bond acceptors (Lipinski definition) is 11. The van der Waals surface area contributed by atoms with Crippen molar-refractivity contribution in [2.45, 2.75) is 71.1 Å². The zero-order valence-electron chi connectivity index (χ0n) is 25.0. The number of nitrogens with one attached hydrogen (secondary N) is 1. The van der Waals surface area contributed by atoms with Crippen LogP contribution in [-0.2, 0) is 14.3 Å². The molecule has 1 saturated carbocycles. The molecule has 0 saturated heterocycles. The van der Waals surface area contributed by atoms with Crippen LogP contribution in [0.5, 0.6) is 0 Å². The number of amides is 1. The molecule has 44 heavy (non-hydrogen) atoms. The summed E-state index contributed by atoms with van der Waals surface area (Å²) < 4.78 is 41.4. The van der Waals surface area contributed by atoms with Gasteiger partial charge < -0.3 is 20.5 Å². The Morgan fingerprint density at radius 2 is 1.98 bits per heavy atom. The number of nitrogens with zero attached hydrogens (tertiary/aromatic N) is 6. The van der Waals surface area contributed by atoms with Gasteiger partial charge in [0.25, 0.3) is 5.91 Å². The molecule has 3 N–H and O–H groups in total. The number of anilines is 1. The molecule has 0 atom stereocenters. The molecule has 3 aromatic rings. The molecular weight excluding hydrogens is 594 g/mol. The Labute approximate surface area is 258 Å². The number of halogens is 2. The molecule has 0 radical (unpaired) electrons. The minimum absolute atomic E-state index is 0.0108. The van der Waals surface area contributed by atoms with Crippen LogP contribution in [0, 0.1) is 11.8 Å². The van der Waals surface area contributed by atoms with Crippen LogP contribution in [0.2, 0.25) is 0 Å². The van der Waals surface area contributed by atoms with E-state index in [1.807, 2.05) is 6.92 Å². The van der Waals surface area contributed by atoms with Crippen LogP contribution in [0.4, 0.5) is 14.5 Å². The lowest BCUT2D eigenvalue weighted by Crippen LogP contribution is -2.43. The van der Waals surface area contributed by atoms with Gasteiger partial charge in [-0.25, -0.2) is 19.4 Å². The molecule has 1 fully saturated rings. The van der Waals surface area contributed by atoms with E-state index in [0.29, 0.717) is 17.2 Å². The van der Waals surface area contributed by atoms with E-state index in [9.17, 15) is 18.4 Å². The molecule has 15 heteroatoms. The van der Waals surface area contributed by atoms with Crippen molar-refractivity contribution in [1.82, 2.24) is 24.8 Å². The second-order valence-corrected chi connectivity index (χ2v) is 11.7. The molecule has 0 aliphatic heterocycles. The molecule has 3 heterocycles. The van der Waals surface area contributed by atoms with Gasteiger partial charge in [0.15, 0.2) is 12.5 Å². The fourth-order valence-corrected chi connectivity index (χ4v) is 5.37. The third-order valence-electron chi connectivity index (χ3n) is 6.89. The van der Waals surface area contributed by atoms with Gasteiger partial charge in [0.2, 0.25) is 5.95 Å². The number of aromatic nitrogens is 4. The number of ether oxygens (including phenoxy) is 2. The first-order valence-electron chi connectivity index (χ1n) is 14.1. The number of hydrazone groups is 1. The maximum absolute atomic E-state index is 14.8. The van der Waals surface area contributed by atoms with Crippen LogP contribution in [-0.4, -0.2) is 68.3 Å². The summed E-state index contributed by atoms with van der Waals surface area (Å²) >= 11 is 1.20. The number of esters is 1. The van der Waals surface area contributed by atoms with Gasteiger partial charge in [-0.3, -0.25) is 14.3 Å². The molecule has 236 valence electrons. The molecule has 1 amide bonds. The van der Waals surface area contributed by atoms with Crippen molar-refractivity contribution in [1.29, 1.82) is 0 Å². The van der Waals surface area contributed by atoms with Crippen LogP contribution in [0.25, 0.3) is 17.0 Å². The maximum Gasteiger partial charge on any atom is 0.327 e. The van der Waals surface area contributed by atoms with Gasteiger partial charge in [-0.05, 0) is 65.5 Å². The number of allylic oxidation sites excluding steroid dienone is 1. The lowest BCUT2D eigenvalue weighted by Gasteiger charge is -2.28. The van der Waals surface area contributed by atoms with E-state index in [4.69, 9.17) is 15.2 Å². The second-order valence-electron chi connectivity index (χ2n) is 10.9. The van der Waals surface area contributed by atoms with Gasteiger partial charge in [0.1, 0.15) is 27.6 Å². The summed E-state index contributed by atoms with van der Waals surface area (Å²) in [6.45, 7) is 10.7. The Hall–Kier alpha value is -4.08. The Bertz CT molecular complexity index is 1530. The van der Waals surface area contributed by atoms with Gasteiger partial charge in [0, 0.05) is 36.7 Å². The van der Waals surface area contributed by atoms with Crippen molar-refractivity contribution >= 4 is 41.2 Å². The summed E-state index contributed by atoms with van der Waals surface area (Å²) in [5.74, 6) is -2.83. The van der Waals surface area contributed by atoms with Crippen molar-refractivity contribution in [3.63, 3.8) is 0 Å². The van der Waals surface area contributed by atoms with E-state index in [1.165, 1.54) is 30.2 Å². The highest BCUT2D eigenvalue weighted by Crippen LogP contribution is 2.34. The molecule has 3 aromatic heterocycles. The lowest BCUT2D eigenvalue weighted by atomic mass is 9.93. The number of nitrogens with two attached hydrogens (primary N) is 1. The summed E-state index contributed by atoms with van der Waals surface area (Å²) in [4.78, 5) is 33.4. The van der Waals surface area contributed by atoms with E-state index in [2.05, 4.69) is 32.2 Å². The minimum Gasteiger partial charge on any atom is -0.441 e. The van der Waals surface area contributed by atoms with Crippen molar-refractivity contribution in [3.8, 4) is 11.4 Å². The zero-order chi connectivity index (χ0) is 32.0. The predicted octanol–water partition coefficient (Wildman–Crippen LogP) is 4.97. The first-order chi connectivity index (χ1) is 20.9. The summed E-state index contributed by atoms with van der Waals surface area (Å²) in [7, 11) is 0. The average molecular weight is 631 g/mol. The summed E-state index contributed by atoms with van der Waals surface area (Å²) in [6, 6.07) is 1.88. The Morgan fingerprint density at radius 1 is 1.25 bits per heavy atom. The summed E-state index contributed by atoms with van der Waals surface area (Å²) in [6.07, 6.45) is 6.57. The maximum atomic E-state index is 14.8. The Morgan fingerprint density at radius 3 is 2.64 bits per heavy atom. The fraction of sp³-hybridized carbons (Fsp3) is 0.448. The fourth-order valence-electron chi connectivity index (χ4n) is 4.60. The Kier molecular flexibility index (Phi) is 10.5. The van der Waals surface area contributed by atoms with Gasteiger partial charge in [-0.1, -0.05) is 0 Å². The van der Waals surface area contributed by atoms with Crippen molar-refractivity contribution in [2.75, 3.05) is 18.7 Å². The number of carbonyl (C=O) groups excluding carboxylic acids is 2. The first kappa shape index (κ1) is 32.8. The molecule has 0 spiro atoms. The number of carbonyl (C=O) groups is 2. The average Bonchev–Trinajstić information content (AvgIpc) is 3.64. The third-order valence-corrected chi connectivity index (χ3v) is 7.87. The molecular formula is C29H36F2N8O4S. The van der Waals surface area contributed by atoms with E-state index in [1.54, 1.807) is 29.4 Å². The van der Waals surface area contributed by atoms with Gasteiger partial charge in [-0.15, -0.1) is 11.3 Å². The highest BCUT2D eigenvalue weighted by atomic mass is 32.1. The van der Waals surface area contributed by atoms with E-state index in [-0.39, 0.29) is 41.6 Å². The topological polar surface area (TPSA) is 150 Å². The smallest absolute Gasteiger partial charge is 0.327 e. The molecule has 0 bridgehead atoms. The Balaban J connectivity index is 1.53. The van der Waals surface area contributed by atoms with E-state index in [0.717, 1.165) is 37.8 Å². The van der Waals surface area contributed by atoms with Crippen LogP contribution in [0.15, 0.2) is 35.0 Å². The monoisotopic (exact) mass is 630 g/mol. The van der Waals surface area contributed by atoms with Crippen molar-refractivity contribution < 1.29 is 27.8 Å². The second kappa shape index (κ2) is 14.1. The molecule has 1 aliphatic carbocycles. The van der Waals surface area contributed by atoms with Gasteiger partial charge >= 0.3 is 5.97 Å². The number of rotatable bonds is 12. The highest BCUT2D eigenvalue weighted by Gasteiger charge is 2.27. The predicted molar refractivity (Wildman–Crippen MR) is 163 cm³/mol. The van der Waals surface area contributed by atoms with Gasteiger partial charge in [-0.2, -0.15) is 14.6 Å². The van der Waals surface area contributed by atoms with Crippen molar-refractivity contribution in [2.24, 2.45) is 10.8 Å². The van der Waals surface area contributed by atoms with Gasteiger partial charge in [0.05, 0.1) is 17.8 Å². The largest absolute Gasteiger partial charge is 0.441 e. The van der Waals surface area contributed by atoms with Crippen LogP contribution in [0.3, 0.4) is 0 Å². The number of pyridine rings is 1. The van der Waals surface area contributed by atoms with E-state index >= 15 is 0 Å². The highest BCUT2D eigenvalue weighted by molar-refractivity contribution is 7.11. The zero-order valence-corrected chi connectivity index (χ0v) is 25.9. The van der Waals surface area contributed by atoms with Crippen LogP contribution in [0.1, 0.15) is 74.9 Å². The molecule has 1 aliphatic rings. The van der Waals surface area contributed by atoms with Crippen LogP contribution < -0.4 is 11.1 Å². The third kappa shape index (κ3) is 8.09. The van der Waals surface area contributed by atoms with Crippen LogP contribution >= 0.6 is 11.3 Å². The number of thiazole rings is 1. The first-order valence-corrected chi connectivity index (χ1v) is 15.0. The SMILES string of the molecule is C=NN(/C=C(\C)c1nc(C(=O)Nc2cn(C3CCC(OCC)CC3)nc2-c2nc(F)ccc2F)cs1)COC(=O)C(C)(C)N. The lowest BCUT2D eigenvalue weighted by molar-refractivity contribution is -0.152. The van der Waals surface area contributed by atoms with Crippen molar-refractivity contribution in [3.05, 3.63) is 52.4 Å². The quantitative estimate of drug-likeness (QED) is 0.0930. The van der Waals surface area contributed by atoms with E-state index < -0.39 is 29.2 Å². The number of hydrogen-bond donors (Lipinski definition) is 2. The standard InChI is InChI=1S/C29H36F2N8O4S/c1-6-42-19-9-7-18(8-10-19)39-14-21(25(37-39)24-20(30)11-12-23(31)36-24)34-26(40)22-15-44-27(35-22)17(2)13-38(33-5)16-43-28(41)29(3,4)32/h11-15,18-19H,5-10,16,32H2,1-4H3,(H,34,40)/b17-13+. The molecule has 12 nitrogen and oxygen atoms in total. The summed E-state index contributed by atoms with van der Waals surface area (Å²) in [5, 5.41) is 14.5. The molecule has 0 aromatic carbocycles. The molecule has 4 rings (SSSR count). The molecule has 0 unspecified atom stereocenters.